The highest BCUT2D eigenvalue weighted by Gasteiger charge is 2.00. The molecule has 0 aromatic heterocycles. The topological polar surface area (TPSA) is 15.3 Å². The average molecular weight is 186 g/mol. The molecule has 0 heterocycles. The summed E-state index contributed by atoms with van der Waals surface area (Å²) in [6, 6.07) is 0.622. The average Bonchev–Trinajstić information content (AvgIpc) is 2.02. The molecule has 1 N–H and O–H groups in total. The molecule has 0 aliphatic rings. The van der Waals surface area contributed by atoms with Gasteiger partial charge in [-0.2, -0.15) is 0 Å². The van der Waals surface area contributed by atoms with Gasteiger partial charge in [-0.25, -0.2) is 0 Å². The molecule has 0 aromatic rings. The van der Waals surface area contributed by atoms with E-state index >= 15 is 0 Å². The van der Waals surface area contributed by atoms with Crippen LogP contribution in [0.5, 0.6) is 0 Å². The van der Waals surface area contributed by atoms with Crippen molar-refractivity contribution in [1.82, 2.24) is 10.4 Å². The van der Waals surface area contributed by atoms with Crippen molar-refractivity contribution in [2.24, 2.45) is 0 Å². The zero-order valence-electron chi connectivity index (χ0n) is 9.77. The van der Waals surface area contributed by atoms with Crippen molar-refractivity contribution in [2.45, 2.75) is 58.4 Å². The van der Waals surface area contributed by atoms with Crippen molar-refractivity contribution >= 4 is 0 Å². The molecular weight excluding hydrogens is 160 g/mol. The Morgan fingerprint density at radius 2 is 1.69 bits per heavy atom. The lowest BCUT2D eigenvalue weighted by Crippen LogP contribution is -2.37. The van der Waals surface area contributed by atoms with E-state index in [2.05, 4.69) is 19.3 Å². The highest BCUT2D eigenvalue weighted by atomic mass is 15.5. The number of nitrogens with zero attached hydrogens (tertiary/aromatic N) is 1. The molecule has 1 atom stereocenters. The van der Waals surface area contributed by atoms with Crippen LogP contribution < -0.4 is 5.43 Å². The van der Waals surface area contributed by atoms with Crippen LogP contribution in [0.2, 0.25) is 0 Å². The molecule has 0 amide bonds. The van der Waals surface area contributed by atoms with E-state index in [1.807, 2.05) is 19.1 Å². The summed E-state index contributed by atoms with van der Waals surface area (Å²) in [5.41, 5.74) is 3.37. The molecule has 0 spiro atoms. The predicted octanol–water partition coefficient (Wildman–Crippen LogP) is 2.80. The first-order valence-electron chi connectivity index (χ1n) is 5.60. The van der Waals surface area contributed by atoms with Crippen molar-refractivity contribution in [3.8, 4) is 0 Å². The van der Waals surface area contributed by atoms with Gasteiger partial charge in [0.25, 0.3) is 0 Å². The lowest BCUT2D eigenvalue weighted by molar-refractivity contribution is 0.240. The second-order valence-corrected chi connectivity index (χ2v) is 4.13. The number of hydrazine groups is 1. The maximum atomic E-state index is 3.37. The van der Waals surface area contributed by atoms with Gasteiger partial charge in [0.05, 0.1) is 0 Å². The first-order chi connectivity index (χ1) is 6.16. The monoisotopic (exact) mass is 186 g/mol. The summed E-state index contributed by atoms with van der Waals surface area (Å²) in [5.74, 6) is 0. The van der Waals surface area contributed by atoms with Gasteiger partial charge < -0.3 is 0 Å². The minimum atomic E-state index is 0.622. The standard InChI is InChI=1S/C11H26N2/c1-5-6-7-8-9-10-11(2)12-13(3)4/h11-12H,5-10H2,1-4H3. The van der Waals surface area contributed by atoms with Crippen LogP contribution in [0, 0.1) is 0 Å². The van der Waals surface area contributed by atoms with Crippen molar-refractivity contribution in [1.29, 1.82) is 0 Å². The van der Waals surface area contributed by atoms with E-state index in [-0.39, 0.29) is 0 Å². The first kappa shape index (κ1) is 12.9. The Labute approximate surface area is 83.7 Å². The van der Waals surface area contributed by atoms with Gasteiger partial charge in [-0.05, 0) is 13.3 Å². The van der Waals surface area contributed by atoms with Crippen LogP contribution in [0.4, 0.5) is 0 Å². The Balaban J connectivity index is 3.12. The molecule has 13 heavy (non-hydrogen) atoms. The zero-order chi connectivity index (χ0) is 10.1. The molecule has 0 rings (SSSR count). The van der Waals surface area contributed by atoms with Gasteiger partial charge in [0.2, 0.25) is 0 Å². The molecule has 0 bridgehead atoms. The fourth-order valence-electron chi connectivity index (χ4n) is 1.56. The van der Waals surface area contributed by atoms with E-state index in [9.17, 15) is 0 Å². The molecule has 0 aliphatic carbocycles. The molecule has 0 fully saturated rings. The zero-order valence-corrected chi connectivity index (χ0v) is 9.77. The molecule has 0 saturated carbocycles. The Bertz CT molecular complexity index is 102. The summed E-state index contributed by atoms with van der Waals surface area (Å²) in [6.45, 7) is 4.51. The highest BCUT2D eigenvalue weighted by Crippen LogP contribution is 2.06. The van der Waals surface area contributed by atoms with Gasteiger partial charge in [0.1, 0.15) is 0 Å². The summed E-state index contributed by atoms with van der Waals surface area (Å²) in [4.78, 5) is 0. The Hall–Kier alpha value is -0.0800. The molecule has 0 aliphatic heterocycles. The van der Waals surface area contributed by atoms with Gasteiger partial charge in [0.15, 0.2) is 0 Å². The maximum absolute atomic E-state index is 3.37. The molecule has 2 nitrogen and oxygen atoms in total. The third-order valence-electron chi connectivity index (χ3n) is 2.22. The van der Waals surface area contributed by atoms with Gasteiger partial charge in [-0.1, -0.05) is 39.0 Å². The number of unbranched alkanes of at least 4 members (excludes halogenated alkanes) is 4. The lowest BCUT2D eigenvalue weighted by Gasteiger charge is -2.18. The van der Waals surface area contributed by atoms with Crippen molar-refractivity contribution in [3.63, 3.8) is 0 Å². The van der Waals surface area contributed by atoms with E-state index in [1.165, 1.54) is 38.5 Å². The molecular formula is C11H26N2. The summed E-state index contributed by atoms with van der Waals surface area (Å²) in [6.07, 6.45) is 8.20. The third-order valence-corrected chi connectivity index (χ3v) is 2.22. The maximum Gasteiger partial charge on any atom is 0.0186 e. The van der Waals surface area contributed by atoms with Gasteiger partial charge in [-0.3, -0.25) is 10.4 Å². The molecule has 1 unspecified atom stereocenters. The lowest BCUT2D eigenvalue weighted by atomic mass is 10.1. The number of hydrogen-bond donors (Lipinski definition) is 1. The minimum Gasteiger partial charge on any atom is -0.253 e. The van der Waals surface area contributed by atoms with Gasteiger partial charge in [0, 0.05) is 20.1 Å². The Morgan fingerprint density at radius 3 is 2.23 bits per heavy atom. The Morgan fingerprint density at radius 1 is 1.08 bits per heavy atom. The summed E-state index contributed by atoms with van der Waals surface area (Å²) < 4.78 is 0. The summed E-state index contributed by atoms with van der Waals surface area (Å²) in [5, 5.41) is 2.04. The van der Waals surface area contributed by atoms with Gasteiger partial charge in [-0.15, -0.1) is 0 Å². The van der Waals surface area contributed by atoms with Crippen molar-refractivity contribution in [3.05, 3.63) is 0 Å². The molecule has 0 saturated heterocycles. The highest BCUT2D eigenvalue weighted by molar-refractivity contribution is 4.57. The van der Waals surface area contributed by atoms with Crippen LogP contribution in [0.1, 0.15) is 52.4 Å². The van der Waals surface area contributed by atoms with E-state index in [0.717, 1.165) is 0 Å². The molecule has 0 radical (unpaired) electrons. The van der Waals surface area contributed by atoms with E-state index in [0.29, 0.717) is 6.04 Å². The predicted molar refractivity (Wildman–Crippen MR) is 59.7 cm³/mol. The van der Waals surface area contributed by atoms with Crippen LogP contribution >= 0.6 is 0 Å². The van der Waals surface area contributed by atoms with Crippen molar-refractivity contribution in [2.75, 3.05) is 14.1 Å². The van der Waals surface area contributed by atoms with E-state index < -0.39 is 0 Å². The van der Waals surface area contributed by atoms with Crippen LogP contribution in [-0.2, 0) is 0 Å². The van der Waals surface area contributed by atoms with E-state index in [1.54, 1.807) is 0 Å². The largest absolute Gasteiger partial charge is 0.253 e. The smallest absolute Gasteiger partial charge is 0.0186 e. The summed E-state index contributed by atoms with van der Waals surface area (Å²) in [7, 11) is 4.10. The third kappa shape index (κ3) is 9.84. The second-order valence-electron chi connectivity index (χ2n) is 4.13. The van der Waals surface area contributed by atoms with Crippen LogP contribution in [-0.4, -0.2) is 25.1 Å². The molecule has 0 aromatic carbocycles. The van der Waals surface area contributed by atoms with Crippen LogP contribution in [0.3, 0.4) is 0 Å². The van der Waals surface area contributed by atoms with E-state index in [4.69, 9.17) is 0 Å². The molecule has 80 valence electrons. The van der Waals surface area contributed by atoms with Crippen LogP contribution in [0.15, 0.2) is 0 Å². The quantitative estimate of drug-likeness (QED) is 0.463. The SMILES string of the molecule is CCCCCCCC(C)NN(C)C. The number of rotatable bonds is 8. The number of nitrogens with one attached hydrogen (secondary N) is 1. The minimum absolute atomic E-state index is 0.622. The normalized spacial score (nSPS) is 13.6. The summed E-state index contributed by atoms with van der Waals surface area (Å²) >= 11 is 0. The Kier molecular flexibility index (Phi) is 8.46. The van der Waals surface area contributed by atoms with Crippen LogP contribution in [0.25, 0.3) is 0 Å². The fraction of sp³-hybridized carbons (Fsp3) is 1.00. The fourth-order valence-corrected chi connectivity index (χ4v) is 1.56. The molecule has 2 heteroatoms. The second kappa shape index (κ2) is 8.52. The van der Waals surface area contributed by atoms with Crippen molar-refractivity contribution < 1.29 is 0 Å². The number of hydrogen-bond acceptors (Lipinski definition) is 2. The first-order valence-corrected chi connectivity index (χ1v) is 5.60. The van der Waals surface area contributed by atoms with Gasteiger partial charge >= 0.3 is 0 Å².